The molecule has 0 aliphatic heterocycles. The number of hydrogen-bond acceptors (Lipinski definition) is 3. The molecule has 28 heavy (non-hydrogen) atoms. The number of hydrogen-bond donors (Lipinski definition) is 0. The Balaban J connectivity index is 1.65. The summed E-state index contributed by atoms with van der Waals surface area (Å²) < 4.78 is 13.2. The van der Waals surface area contributed by atoms with Crippen molar-refractivity contribution in [1.82, 2.24) is 15.0 Å². The number of nitrogens with zero attached hydrogens (tertiary/aromatic N) is 4. The standard InChI is InChI=1S/C22H19FN4O/c1-15(2)26(22(28)16-7-9-17(23)10-8-16)18-11-13-19(14-12-18)27-24-20-5-3-4-6-21(20)25-27/h3-15H,1-2H3. The van der Waals surface area contributed by atoms with Crippen molar-refractivity contribution in [2.45, 2.75) is 19.9 Å². The number of fused-ring (bicyclic) bond motifs is 1. The van der Waals surface area contributed by atoms with Crippen LogP contribution in [0.1, 0.15) is 24.2 Å². The Bertz CT molecular complexity index is 1080. The molecule has 0 unspecified atom stereocenters. The number of carbonyl (C=O) groups excluding carboxylic acids is 1. The van der Waals surface area contributed by atoms with Crippen molar-refractivity contribution in [3.8, 4) is 5.69 Å². The zero-order valence-electron chi connectivity index (χ0n) is 15.6. The Morgan fingerprint density at radius 3 is 2.00 bits per heavy atom. The smallest absolute Gasteiger partial charge is 0.258 e. The average molecular weight is 374 g/mol. The van der Waals surface area contributed by atoms with Crippen molar-refractivity contribution in [3.63, 3.8) is 0 Å². The molecule has 140 valence electrons. The van der Waals surface area contributed by atoms with Crippen LogP contribution in [0.2, 0.25) is 0 Å². The summed E-state index contributed by atoms with van der Waals surface area (Å²) in [5.41, 5.74) is 3.64. The largest absolute Gasteiger partial charge is 0.306 e. The highest BCUT2D eigenvalue weighted by molar-refractivity contribution is 6.06. The molecule has 5 nitrogen and oxygen atoms in total. The van der Waals surface area contributed by atoms with Crippen LogP contribution in [0.4, 0.5) is 10.1 Å². The van der Waals surface area contributed by atoms with E-state index in [2.05, 4.69) is 10.2 Å². The van der Waals surface area contributed by atoms with Gasteiger partial charge in [0.25, 0.3) is 5.91 Å². The maximum atomic E-state index is 13.2. The topological polar surface area (TPSA) is 51.0 Å². The summed E-state index contributed by atoms with van der Waals surface area (Å²) in [7, 11) is 0. The van der Waals surface area contributed by atoms with Crippen LogP contribution in [0.5, 0.6) is 0 Å². The molecule has 1 aromatic heterocycles. The molecular formula is C22H19FN4O. The molecule has 0 radical (unpaired) electrons. The summed E-state index contributed by atoms with van der Waals surface area (Å²) in [5, 5.41) is 8.95. The number of amides is 1. The fraction of sp³-hybridized carbons (Fsp3) is 0.136. The fourth-order valence-corrected chi connectivity index (χ4v) is 3.10. The molecule has 0 atom stereocenters. The van der Waals surface area contributed by atoms with E-state index in [4.69, 9.17) is 0 Å². The van der Waals surface area contributed by atoms with Crippen molar-refractivity contribution >= 4 is 22.6 Å². The van der Waals surface area contributed by atoms with Crippen LogP contribution in [0.3, 0.4) is 0 Å². The fourth-order valence-electron chi connectivity index (χ4n) is 3.10. The van der Waals surface area contributed by atoms with Gasteiger partial charge >= 0.3 is 0 Å². The van der Waals surface area contributed by atoms with Gasteiger partial charge in [0.1, 0.15) is 16.9 Å². The predicted octanol–water partition coefficient (Wildman–Crippen LogP) is 4.61. The van der Waals surface area contributed by atoms with Crippen LogP contribution in [0, 0.1) is 5.82 Å². The maximum Gasteiger partial charge on any atom is 0.258 e. The molecule has 6 heteroatoms. The zero-order chi connectivity index (χ0) is 19.7. The van der Waals surface area contributed by atoms with E-state index < -0.39 is 0 Å². The van der Waals surface area contributed by atoms with Crippen LogP contribution in [0.15, 0.2) is 72.8 Å². The van der Waals surface area contributed by atoms with Crippen molar-refractivity contribution in [2.75, 3.05) is 4.90 Å². The molecule has 1 amide bonds. The summed E-state index contributed by atoms with van der Waals surface area (Å²) in [6.45, 7) is 3.88. The summed E-state index contributed by atoms with van der Waals surface area (Å²) in [6.07, 6.45) is 0. The molecule has 0 bridgehead atoms. The lowest BCUT2D eigenvalue weighted by Gasteiger charge is -2.27. The van der Waals surface area contributed by atoms with Gasteiger partial charge in [-0.15, -0.1) is 10.2 Å². The van der Waals surface area contributed by atoms with Gasteiger partial charge in [-0.2, -0.15) is 4.80 Å². The normalized spacial score (nSPS) is 11.1. The van der Waals surface area contributed by atoms with E-state index >= 15 is 0 Å². The number of benzene rings is 3. The molecule has 1 heterocycles. The summed E-state index contributed by atoms with van der Waals surface area (Å²) in [6, 6.07) is 20.7. The minimum Gasteiger partial charge on any atom is -0.306 e. The molecule has 4 rings (SSSR count). The lowest BCUT2D eigenvalue weighted by molar-refractivity contribution is 0.0980. The first-order valence-electron chi connectivity index (χ1n) is 9.04. The quantitative estimate of drug-likeness (QED) is 0.524. The van der Waals surface area contributed by atoms with Gasteiger partial charge in [-0.1, -0.05) is 12.1 Å². The molecule has 0 aliphatic carbocycles. The molecule has 0 saturated carbocycles. The van der Waals surface area contributed by atoms with Gasteiger partial charge in [0, 0.05) is 17.3 Å². The second-order valence-electron chi connectivity index (χ2n) is 6.77. The Labute approximate surface area is 162 Å². The lowest BCUT2D eigenvalue weighted by atomic mass is 10.1. The van der Waals surface area contributed by atoms with Crippen LogP contribution < -0.4 is 4.90 Å². The highest BCUT2D eigenvalue weighted by Crippen LogP contribution is 2.22. The number of anilines is 1. The van der Waals surface area contributed by atoms with Gasteiger partial charge in [0.05, 0.1) is 5.69 Å². The Hall–Kier alpha value is -3.54. The van der Waals surface area contributed by atoms with Gasteiger partial charge < -0.3 is 4.90 Å². The Morgan fingerprint density at radius 1 is 0.893 bits per heavy atom. The molecule has 0 spiro atoms. The van der Waals surface area contributed by atoms with Crippen LogP contribution in [-0.4, -0.2) is 26.9 Å². The molecular weight excluding hydrogens is 355 g/mol. The third kappa shape index (κ3) is 3.36. The highest BCUT2D eigenvalue weighted by atomic mass is 19.1. The third-order valence-corrected chi connectivity index (χ3v) is 4.47. The molecule has 0 saturated heterocycles. The van der Waals surface area contributed by atoms with E-state index in [-0.39, 0.29) is 17.8 Å². The van der Waals surface area contributed by atoms with Gasteiger partial charge in [-0.3, -0.25) is 4.79 Å². The Morgan fingerprint density at radius 2 is 1.46 bits per heavy atom. The van der Waals surface area contributed by atoms with E-state index in [0.29, 0.717) is 5.56 Å². The van der Waals surface area contributed by atoms with E-state index in [0.717, 1.165) is 22.4 Å². The maximum absolute atomic E-state index is 13.2. The number of aromatic nitrogens is 3. The van der Waals surface area contributed by atoms with Crippen molar-refractivity contribution in [2.24, 2.45) is 0 Å². The van der Waals surface area contributed by atoms with Crippen LogP contribution in [-0.2, 0) is 0 Å². The van der Waals surface area contributed by atoms with Gasteiger partial charge in [-0.25, -0.2) is 4.39 Å². The minimum atomic E-state index is -0.365. The zero-order valence-corrected chi connectivity index (χ0v) is 15.6. The van der Waals surface area contributed by atoms with Crippen LogP contribution in [0.25, 0.3) is 16.7 Å². The average Bonchev–Trinajstić information content (AvgIpc) is 3.13. The summed E-state index contributed by atoms with van der Waals surface area (Å²) in [4.78, 5) is 16.2. The first-order valence-corrected chi connectivity index (χ1v) is 9.04. The number of halogens is 1. The highest BCUT2D eigenvalue weighted by Gasteiger charge is 2.21. The van der Waals surface area contributed by atoms with E-state index in [1.807, 2.05) is 62.4 Å². The monoisotopic (exact) mass is 374 g/mol. The predicted molar refractivity (Wildman–Crippen MR) is 107 cm³/mol. The molecule has 0 aliphatic rings. The number of rotatable bonds is 4. The van der Waals surface area contributed by atoms with E-state index in [9.17, 15) is 9.18 Å². The number of carbonyl (C=O) groups is 1. The van der Waals surface area contributed by atoms with Crippen molar-refractivity contribution < 1.29 is 9.18 Å². The molecule has 0 N–H and O–H groups in total. The molecule has 3 aromatic carbocycles. The second kappa shape index (κ2) is 7.23. The van der Waals surface area contributed by atoms with Gasteiger partial charge in [0.2, 0.25) is 0 Å². The van der Waals surface area contributed by atoms with Crippen LogP contribution >= 0.6 is 0 Å². The summed E-state index contributed by atoms with van der Waals surface area (Å²) >= 11 is 0. The van der Waals surface area contributed by atoms with Gasteiger partial charge in [-0.05, 0) is 74.5 Å². The van der Waals surface area contributed by atoms with E-state index in [1.165, 1.54) is 24.3 Å². The summed E-state index contributed by atoms with van der Waals surface area (Å²) in [5.74, 6) is -0.540. The first-order chi connectivity index (χ1) is 13.5. The third-order valence-electron chi connectivity index (χ3n) is 4.47. The van der Waals surface area contributed by atoms with Crippen molar-refractivity contribution in [3.05, 3.63) is 84.2 Å². The van der Waals surface area contributed by atoms with E-state index in [1.54, 1.807) is 9.70 Å². The molecule has 0 fully saturated rings. The second-order valence-corrected chi connectivity index (χ2v) is 6.77. The van der Waals surface area contributed by atoms with Crippen molar-refractivity contribution in [1.29, 1.82) is 0 Å². The lowest BCUT2D eigenvalue weighted by Crippen LogP contribution is -2.37. The Kier molecular flexibility index (Phi) is 4.61. The SMILES string of the molecule is CC(C)N(C(=O)c1ccc(F)cc1)c1ccc(-n2nc3ccccc3n2)cc1. The molecule has 4 aromatic rings. The minimum absolute atomic E-state index is 0.0613. The van der Waals surface area contributed by atoms with Gasteiger partial charge in [0.15, 0.2) is 0 Å². The first kappa shape index (κ1) is 17.9.